The van der Waals surface area contributed by atoms with Gasteiger partial charge in [0.25, 0.3) is 0 Å². The van der Waals surface area contributed by atoms with Crippen LogP contribution in [0.5, 0.6) is 5.75 Å². The Balaban J connectivity index is 1.43. The second kappa shape index (κ2) is 8.70. The molecule has 1 saturated carbocycles. The zero-order valence-electron chi connectivity index (χ0n) is 15.5. The number of carbonyl (C=O) groups is 1. The van der Waals surface area contributed by atoms with Crippen LogP contribution in [0, 0.1) is 17.8 Å². The minimum absolute atomic E-state index is 0.195. The summed E-state index contributed by atoms with van der Waals surface area (Å²) in [7, 11) is 1.70. The number of hydrogen-bond donors (Lipinski definition) is 1. The Morgan fingerprint density at radius 1 is 1.16 bits per heavy atom. The number of carbonyl (C=O) groups excluding carboxylic acids is 1. The van der Waals surface area contributed by atoms with E-state index in [9.17, 15) is 4.79 Å². The smallest absolute Gasteiger partial charge is 0.226 e. The normalized spacial score (nSPS) is 24.5. The molecule has 0 radical (unpaired) electrons. The molecule has 4 heteroatoms. The molecule has 2 atom stereocenters. The fraction of sp³-hybridized carbons (Fsp3) is 0.667. The van der Waals surface area contributed by atoms with Crippen molar-refractivity contribution in [2.24, 2.45) is 23.5 Å². The Morgan fingerprint density at radius 3 is 2.52 bits per heavy atom. The van der Waals surface area contributed by atoms with Gasteiger partial charge in [0, 0.05) is 19.0 Å². The number of ether oxygens (including phenoxy) is 1. The summed E-state index contributed by atoms with van der Waals surface area (Å²) in [6, 6.07) is 8.38. The van der Waals surface area contributed by atoms with Crippen molar-refractivity contribution in [3.63, 3.8) is 0 Å². The molecule has 1 saturated heterocycles. The van der Waals surface area contributed by atoms with Crippen LogP contribution in [0.1, 0.15) is 44.1 Å². The third kappa shape index (κ3) is 4.55. The molecule has 1 amide bonds. The van der Waals surface area contributed by atoms with Crippen molar-refractivity contribution in [3.8, 4) is 5.75 Å². The van der Waals surface area contributed by atoms with Gasteiger partial charge in [-0.25, -0.2) is 0 Å². The predicted molar refractivity (Wildman–Crippen MR) is 101 cm³/mol. The van der Waals surface area contributed by atoms with Crippen molar-refractivity contribution < 1.29 is 9.53 Å². The van der Waals surface area contributed by atoms with E-state index in [2.05, 4.69) is 17.0 Å². The lowest BCUT2D eigenvalue weighted by Gasteiger charge is -2.34. The lowest BCUT2D eigenvalue weighted by atomic mass is 9.89. The van der Waals surface area contributed by atoms with Gasteiger partial charge in [-0.3, -0.25) is 4.79 Å². The molecule has 2 aliphatic rings. The fourth-order valence-electron chi connectivity index (χ4n) is 4.48. The van der Waals surface area contributed by atoms with E-state index in [0.29, 0.717) is 18.4 Å². The van der Waals surface area contributed by atoms with Crippen molar-refractivity contribution in [3.05, 3.63) is 29.8 Å². The van der Waals surface area contributed by atoms with Gasteiger partial charge in [-0.05, 0) is 74.6 Å². The Hall–Kier alpha value is -1.55. The number of rotatable bonds is 6. The van der Waals surface area contributed by atoms with Crippen molar-refractivity contribution in [1.82, 2.24) is 4.90 Å². The summed E-state index contributed by atoms with van der Waals surface area (Å²) >= 11 is 0. The molecule has 1 heterocycles. The van der Waals surface area contributed by atoms with Crippen LogP contribution in [0.25, 0.3) is 0 Å². The molecule has 1 aliphatic heterocycles. The molecule has 138 valence electrons. The number of amides is 1. The van der Waals surface area contributed by atoms with E-state index >= 15 is 0 Å². The van der Waals surface area contributed by atoms with Crippen LogP contribution in [0.4, 0.5) is 0 Å². The molecule has 0 bridgehead atoms. The van der Waals surface area contributed by atoms with Crippen molar-refractivity contribution >= 4 is 5.91 Å². The average Bonchev–Trinajstić information content (AvgIpc) is 3.15. The van der Waals surface area contributed by atoms with Crippen molar-refractivity contribution in [2.45, 2.75) is 44.9 Å². The monoisotopic (exact) mass is 344 g/mol. The van der Waals surface area contributed by atoms with Gasteiger partial charge in [0.2, 0.25) is 5.91 Å². The molecule has 0 aromatic heterocycles. The summed E-state index contributed by atoms with van der Waals surface area (Å²) in [6.45, 7) is 2.52. The second-order valence-electron chi connectivity index (χ2n) is 7.69. The largest absolute Gasteiger partial charge is 0.497 e. The first-order valence-corrected chi connectivity index (χ1v) is 9.83. The quantitative estimate of drug-likeness (QED) is 0.862. The Morgan fingerprint density at radius 2 is 1.88 bits per heavy atom. The van der Waals surface area contributed by atoms with Crippen LogP contribution in [0.3, 0.4) is 0 Å². The minimum Gasteiger partial charge on any atom is -0.497 e. The molecule has 0 unspecified atom stereocenters. The molecular formula is C21H32N2O2. The predicted octanol–water partition coefficient (Wildman–Crippen LogP) is 3.24. The molecule has 2 N–H and O–H groups in total. The Kier molecular flexibility index (Phi) is 6.35. The summed E-state index contributed by atoms with van der Waals surface area (Å²) < 4.78 is 5.21. The van der Waals surface area contributed by atoms with Gasteiger partial charge in [0.1, 0.15) is 5.75 Å². The van der Waals surface area contributed by atoms with E-state index in [1.54, 1.807) is 7.11 Å². The average molecular weight is 344 g/mol. The first-order valence-electron chi connectivity index (χ1n) is 9.83. The molecular weight excluding hydrogens is 312 g/mol. The second-order valence-corrected chi connectivity index (χ2v) is 7.69. The van der Waals surface area contributed by atoms with Gasteiger partial charge < -0.3 is 15.4 Å². The van der Waals surface area contributed by atoms with E-state index in [0.717, 1.165) is 63.3 Å². The lowest BCUT2D eigenvalue weighted by molar-refractivity contribution is -0.138. The summed E-state index contributed by atoms with van der Waals surface area (Å²) in [5.74, 6) is 2.64. The number of hydrogen-bond acceptors (Lipinski definition) is 3. The maximum Gasteiger partial charge on any atom is 0.226 e. The third-order valence-electron chi connectivity index (χ3n) is 6.21. The van der Waals surface area contributed by atoms with E-state index in [4.69, 9.17) is 10.5 Å². The number of benzene rings is 1. The van der Waals surface area contributed by atoms with Gasteiger partial charge in [0.15, 0.2) is 0 Å². The summed E-state index contributed by atoms with van der Waals surface area (Å²) in [6.07, 6.45) is 7.94. The number of likely N-dealkylation sites (tertiary alicyclic amines) is 1. The number of nitrogens with two attached hydrogens (primary N) is 1. The minimum atomic E-state index is 0.195. The van der Waals surface area contributed by atoms with E-state index in [-0.39, 0.29) is 5.92 Å². The number of aryl methyl sites for hydroxylation is 1. The lowest BCUT2D eigenvalue weighted by Crippen LogP contribution is -2.43. The van der Waals surface area contributed by atoms with Gasteiger partial charge >= 0.3 is 0 Å². The maximum atomic E-state index is 12.8. The highest BCUT2D eigenvalue weighted by Gasteiger charge is 2.35. The van der Waals surface area contributed by atoms with Gasteiger partial charge in [-0.2, -0.15) is 0 Å². The van der Waals surface area contributed by atoms with E-state index < -0.39 is 0 Å². The van der Waals surface area contributed by atoms with Crippen LogP contribution in [0.2, 0.25) is 0 Å². The van der Waals surface area contributed by atoms with Crippen LogP contribution in [-0.4, -0.2) is 37.6 Å². The van der Waals surface area contributed by atoms with Crippen LogP contribution in [-0.2, 0) is 11.2 Å². The number of piperidine rings is 1. The standard InChI is InChI=1S/C21H32N2O2/c1-25-19-9-7-16(8-10-19)5-6-17-11-13-23(14-12-17)21(24)20-4-2-3-18(20)15-22/h7-10,17-18,20H,2-6,11-15,22H2,1H3/t18-,20-/m1/s1. The molecule has 4 nitrogen and oxygen atoms in total. The molecule has 1 aromatic carbocycles. The molecule has 3 rings (SSSR count). The number of nitrogens with zero attached hydrogens (tertiary/aromatic N) is 1. The topological polar surface area (TPSA) is 55.6 Å². The molecule has 2 fully saturated rings. The highest BCUT2D eigenvalue weighted by Crippen LogP contribution is 2.33. The third-order valence-corrected chi connectivity index (χ3v) is 6.21. The van der Waals surface area contributed by atoms with E-state index in [1.807, 2.05) is 12.1 Å². The SMILES string of the molecule is COc1ccc(CCC2CCN(C(=O)[C@@H]3CCC[C@@H]3CN)CC2)cc1. The Labute approximate surface area is 151 Å². The van der Waals surface area contributed by atoms with Crippen LogP contribution >= 0.6 is 0 Å². The maximum absolute atomic E-state index is 12.8. The van der Waals surface area contributed by atoms with Crippen molar-refractivity contribution in [1.29, 1.82) is 0 Å². The zero-order chi connectivity index (χ0) is 17.6. The molecule has 25 heavy (non-hydrogen) atoms. The highest BCUT2D eigenvalue weighted by molar-refractivity contribution is 5.79. The zero-order valence-corrected chi connectivity index (χ0v) is 15.5. The van der Waals surface area contributed by atoms with Crippen LogP contribution in [0.15, 0.2) is 24.3 Å². The summed E-state index contributed by atoms with van der Waals surface area (Å²) in [5, 5.41) is 0. The molecule has 1 aliphatic carbocycles. The summed E-state index contributed by atoms with van der Waals surface area (Å²) in [4.78, 5) is 14.9. The first kappa shape index (κ1) is 18.2. The number of methoxy groups -OCH3 is 1. The van der Waals surface area contributed by atoms with Crippen molar-refractivity contribution in [2.75, 3.05) is 26.7 Å². The van der Waals surface area contributed by atoms with Gasteiger partial charge in [-0.1, -0.05) is 18.6 Å². The van der Waals surface area contributed by atoms with Gasteiger partial charge in [0.05, 0.1) is 7.11 Å². The molecule has 1 aromatic rings. The highest BCUT2D eigenvalue weighted by atomic mass is 16.5. The van der Waals surface area contributed by atoms with Crippen LogP contribution < -0.4 is 10.5 Å². The first-order chi connectivity index (χ1) is 12.2. The summed E-state index contributed by atoms with van der Waals surface area (Å²) in [5.41, 5.74) is 7.22. The molecule has 0 spiro atoms. The van der Waals surface area contributed by atoms with E-state index in [1.165, 1.54) is 12.0 Å². The fourth-order valence-corrected chi connectivity index (χ4v) is 4.48. The Bertz CT molecular complexity index is 550. The van der Waals surface area contributed by atoms with Gasteiger partial charge in [-0.15, -0.1) is 0 Å².